The van der Waals surface area contributed by atoms with Crippen molar-refractivity contribution in [2.24, 2.45) is 0 Å². The summed E-state index contributed by atoms with van der Waals surface area (Å²) in [5.41, 5.74) is 2.73. The zero-order valence-corrected chi connectivity index (χ0v) is 12.8. The monoisotopic (exact) mass is 276 g/mol. The van der Waals surface area contributed by atoms with Crippen LogP contribution in [0.3, 0.4) is 0 Å². The molecule has 1 N–H and O–H groups in total. The Kier molecular flexibility index (Phi) is 4.45. The zero-order valence-electron chi connectivity index (χ0n) is 12.8. The van der Waals surface area contributed by atoms with Crippen LogP contribution in [0, 0.1) is 13.8 Å². The van der Waals surface area contributed by atoms with Crippen molar-refractivity contribution >= 4 is 5.97 Å². The summed E-state index contributed by atoms with van der Waals surface area (Å²) in [6.45, 7) is 9.62. The second kappa shape index (κ2) is 5.94. The molecule has 1 saturated heterocycles. The number of benzene rings is 1. The number of piperazine rings is 1. The van der Waals surface area contributed by atoms with Crippen molar-refractivity contribution in [2.75, 3.05) is 33.3 Å². The molecule has 110 valence electrons. The summed E-state index contributed by atoms with van der Waals surface area (Å²) in [7, 11) is 1.46. The summed E-state index contributed by atoms with van der Waals surface area (Å²) in [5.74, 6) is -0.192. The molecule has 1 heterocycles. The maximum absolute atomic E-state index is 12.4. The third-order valence-corrected chi connectivity index (χ3v) is 4.40. The minimum Gasteiger partial charge on any atom is -0.467 e. The normalized spacial score (nSPS) is 19.4. The summed E-state index contributed by atoms with van der Waals surface area (Å²) >= 11 is 0. The van der Waals surface area contributed by atoms with Gasteiger partial charge in [-0.2, -0.15) is 0 Å². The van der Waals surface area contributed by atoms with E-state index in [1.54, 1.807) is 0 Å². The fourth-order valence-corrected chi connectivity index (χ4v) is 2.78. The Hall–Kier alpha value is -1.39. The minimum atomic E-state index is -0.713. The highest BCUT2D eigenvalue weighted by Gasteiger charge is 2.42. The number of hydrogen-bond donors (Lipinski definition) is 1. The molecule has 20 heavy (non-hydrogen) atoms. The van der Waals surface area contributed by atoms with Crippen molar-refractivity contribution in [3.63, 3.8) is 0 Å². The van der Waals surface area contributed by atoms with Gasteiger partial charge in [0.2, 0.25) is 0 Å². The zero-order chi connectivity index (χ0) is 14.8. The lowest BCUT2D eigenvalue weighted by atomic mass is 9.87. The molecule has 1 aromatic rings. The van der Waals surface area contributed by atoms with E-state index < -0.39 is 5.54 Å². The van der Waals surface area contributed by atoms with Gasteiger partial charge in [-0.3, -0.25) is 4.90 Å². The number of methoxy groups -OCH3 is 1. The van der Waals surface area contributed by atoms with Gasteiger partial charge in [0.15, 0.2) is 0 Å². The molecule has 1 unspecified atom stereocenters. The van der Waals surface area contributed by atoms with Crippen LogP contribution in [0.25, 0.3) is 0 Å². The molecule has 1 aliphatic rings. The molecule has 0 aliphatic carbocycles. The van der Waals surface area contributed by atoms with Crippen LogP contribution < -0.4 is 5.32 Å². The molecule has 4 nitrogen and oxygen atoms in total. The van der Waals surface area contributed by atoms with E-state index in [9.17, 15) is 4.79 Å². The van der Waals surface area contributed by atoms with Gasteiger partial charge in [-0.1, -0.05) is 18.2 Å². The number of nitrogens with one attached hydrogen (secondary N) is 1. The second-order valence-electron chi connectivity index (χ2n) is 5.60. The Bertz CT molecular complexity index is 495. The SMILES string of the molecule is COC(=O)C(C)(c1ccc(C)c(C)c1)N1CCNCC1. The van der Waals surface area contributed by atoms with Gasteiger partial charge in [0.25, 0.3) is 0 Å². The molecule has 0 amide bonds. The Labute approximate surface area is 121 Å². The molecule has 1 aromatic carbocycles. The standard InChI is InChI=1S/C16H24N2O2/c1-12-5-6-14(11-13(12)2)16(3,15(19)20-4)18-9-7-17-8-10-18/h5-6,11,17H,7-10H2,1-4H3. The van der Waals surface area contributed by atoms with Crippen LogP contribution >= 0.6 is 0 Å². The first-order valence-corrected chi connectivity index (χ1v) is 7.12. The van der Waals surface area contributed by atoms with E-state index in [2.05, 4.69) is 36.2 Å². The van der Waals surface area contributed by atoms with Crippen LogP contribution in [0.1, 0.15) is 23.6 Å². The molecule has 0 spiro atoms. The van der Waals surface area contributed by atoms with E-state index in [1.165, 1.54) is 18.2 Å². The fraction of sp³-hybridized carbons (Fsp3) is 0.562. The number of aryl methyl sites for hydroxylation is 2. The van der Waals surface area contributed by atoms with E-state index >= 15 is 0 Å². The summed E-state index contributed by atoms with van der Waals surface area (Å²) in [4.78, 5) is 14.7. The van der Waals surface area contributed by atoms with Gasteiger partial charge >= 0.3 is 5.97 Å². The van der Waals surface area contributed by atoms with Crippen molar-refractivity contribution in [1.29, 1.82) is 0 Å². The van der Waals surface area contributed by atoms with Gasteiger partial charge < -0.3 is 10.1 Å². The van der Waals surface area contributed by atoms with Gasteiger partial charge in [0, 0.05) is 26.2 Å². The third kappa shape index (κ3) is 2.58. The second-order valence-corrected chi connectivity index (χ2v) is 5.60. The summed E-state index contributed by atoms with van der Waals surface area (Å²) < 4.78 is 5.09. The van der Waals surface area contributed by atoms with Crippen LogP contribution in [-0.4, -0.2) is 44.2 Å². The molecular formula is C16H24N2O2. The minimum absolute atomic E-state index is 0.192. The smallest absolute Gasteiger partial charge is 0.330 e. The lowest BCUT2D eigenvalue weighted by Crippen LogP contribution is -2.57. The lowest BCUT2D eigenvalue weighted by Gasteiger charge is -2.41. The first-order chi connectivity index (χ1) is 9.50. The maximum atomic E-state index is 12.4. The average Bonchev–Trinajstić information content (AvgIpc) is 2.49. The van der Waals surface area contributed by atoms with Gasteiger partial charge in [-0.15, -0.1) is 0 Å². The van der Waals surface area contributed by atoms with E-state index in [0.29, 0.717) is 0 Å². The molecule has 1 aliphatic heterocycles. The van der Waals surface area contributed by atoms with E-state index in [1.807, 2.05) is 13.0 Å². The van der Waals surface area contributed by atoms with Crippen molar-refractivity contribution in [3.8, 4) is 0 Å². The summed E-state index contributed by atoms with van der Waals surface area (Å²) in [5, 5.41) is 3.32. The number of rotatable bonds is 3. The van der Waals surface area contributed by atoms with Crippen LogP contribution in [0.15, 0.2) is 18.2 Å². The number of esters is 1. The largest absolute Gasteiger partial charge is 0.467 e. The number of carbonyl (C=O) groups excluding carboxylic acids is 1. The molecule has 0 bridgehead atoms. The number of hydrogen-bond acceptors (Lipinski definition) is 4. The third-order valence-electron chi connectivity index (χ3n) is 4.40. The topological polar surface area (TPSA) is 41.6 Å². The lowest BCUT2D eigenvalue weighted by molar-refractivity contribution is -0.155. The molecule has 1 fully saturated rings. The molecule has 0 radical (unpaired) electrons. The quantitative estimate of drug-likeness (QED) is 0.852. The van der Waals surface area contributed by atoms with Crippen LogP contribution in [0.4, 0.5) is 0 Å². The Balaban J connectivity index is 2.44. The Morgan fingerprint density at radius 3 is 2.45 bits per heavy atom. The molecule has 1 atom stereocenters. The fourth-order valence-electron chi connectivity index (χ4n) is 2.78. The van der Waals surface area contributed by atoms with Gasteiger partial charge in [0.1, 0.15) is 5.54 Å². The van der Waals surface area contributed by atoms with Crippen molar-refractivity contribution in [1.82, 2.24) is 10.2 Å². The highest BCUT2D eigenvalue weighted by atomic mass is 16.5. The number of ether oxygens (including phenoxy) is 1. The predicted octanol–water partition coefficient (Wildman–Crippen LogP) is 1.60. The maximum Gasteiger partial charge on any atom is 0.330 e. The number of carbonyl (C=O) groups is 1. The molecule has 4 heteroatoms. The van der Waals surface area contributed by atoms with Crippen LogP contribution in [0.5, 0.6) is 0 Å². The molecule has 0 aromatic heterocycles. The molecular weight excluding hydrogens is 252 g/mol. The first kappa shape index (κ1) is 15.0. The Morgan fingerprint density at radius 1 is 1.25 bits per heavy atom. The van der Waals surface area contributed by atoms with E-state index in [4.69, 9.17) is 4.74 Å². The van der Waals surface area contributed by atoms with Crippen molar-refractivity contribution < 1.29 is 9.53 Å². The first-order valence-electron chi connectivity index (χ1n) is 7.12. The predicted molar refractivity (Wildman–Crippen MR) is 79.7 cm³/mol. The highest BCUT2D eigenvalue weighted by Crippen LogP contribution is 2.31. The summed E-state index contributed by atoms with van der Waals surface area (Å²) in [6, 6.07) is 6.23. The van der Waals surface area contributed by atoms with E-state index in [-0.39, 0.29) is 5.97 Å². The number of nitrogens with zero attached hydrogens (tertiary/aromatic N) is 1. The summed E-state index contributed by atoms with van der Waals surface area (Å²) in [6.07, 6.45) is 0. The van der Waals surface area contributed by atoms with Gasteiger partial charge in [0.05, 0.1) is 7.11 Å². The Morgan fingerprint density at radius 2 is 1.90 bits per heavy atom. The average molecular weight is 276 g/mol. The van der Waals surface area contributed by atoms with Crippen LogP contribution in [-0.2, 0) is 15.1 Å². The van der Waals surface area contributed by atoms with Gasteiger partial charge in [-0.05, 0) is 37.5 Å². The highest BCUT2D eigenvalue weighted by molar-refractivity contribution is 5.82. The van der Waals surface area contributed by atoms with E-state index in [0.717, 1.165) is 31.7 Å². The molecule has 2 rings (SSSR count). The molecule has 0 saturated carbocycles. The van der Waals surface area contributed by atoms with Crippen LogP contribution in [0.2, 0.25) is 0 Å². The van der Waals surface area contributed by atoms with Gasteiger partial charge in [-0.25, -0.2) is 4.79 Å². The van der Waals surface area contributed by atoms with Crippen molar-refractivity contribution in [2.45, 2.75) is 26.3 Å². The van der Waals surface area contributed by atoms with Crippen molar-refractivity contribution in [3.05, 3.63) is 34.9 Å².